The van der Waals surface area contributed by atoms with E-state index in [0.717, 1.165) is 28.3 Å². The van der Waals surface area contributed by atoms with Gasteiger partial charge in [-0.3, -0.25) is 4.79 Å². The molecule has 0 bridgehead atoms. The second-order valence-corrected chi connectivity index (χ2v) is 8.24. The smallest absolute Gasteiger partial charge is 0.258 e. The number of fused-ring (bicyclic) bond motifs is 1. The van der Waals surface area contributed by atoms with E-state index < -0.39 is 0 Å². The Labute approximate surface area is 192 Å². The first-order chi connectivity index (χ1) is 16.0. The van der Waals surface area contributed by atoms with Crippen LogP contribution < -0.4 is 9.47 Å². The number of hydrogen-bond acceptors (Lipinski definition) is 4. The summed E-state index contributed by atoms with van der Waals surface area (Å²) in [7, 11) is 3.11. The van der Waals surface area contributed by atoms with Gasteiger partial charge in [-0.15, -0.1) is 0 Å². The summed E-state index contributed by atoms with van der Waals surface area (Å²) in [5.41, 5.74) is 5.81. The number of amides is 1. The second kappa shape index (κ2) is 8.16. The summed E-state index contributed by atoms with van der Waals surface area (Å²) in [6, 6.07) is 15.7. The Balaban J connectivity index is 1.55. The minimum Gasteiger partial charge on any atom is -0.493 e. The molecule has 0 radical (unpaired) electrons. The number of nitrogens with zero attached hydrogens (tertiary/aromatic N) is 4. The van der Waals surface area contributed by atoms with Crippen molar-refractivity contribution in [1.29, 1.82) is 0 Å². The number of aryl methyl sites for hydroxylation is 2. The van der Waals surface area contributed by atoms with Crippen molar-refractivity contribution < 1.29 is 14.3 Å². The molecule has 2 aromatic carbocycles. The number of ether oxygens (including phenoxy) is 2. The van der Waals surface area contributed by atoms with E-state index in [9.17, 15) is 4.79 Å². The van der Waals surface area contributed by atoms with E-state index in [1.165, 1.54) is 5.56 Å². The Kier molecular flexibility index (Phi) is 5.17. The standard InChI is InChI=1S/C26H26N4O3/c1-17-10-11-22(18(2)14-17)30-25(28-12-5-6-13-28)20-15-29(16-21(20)27-30)26(31)19-8-7-9-23(32-3)24(19)33-4/h5-14H,15-16H2,1-4H3. The van der Waals surface area contributed by atoms with Crippen LogP contribution >= 0.6 is 0 Å². The third-order valence-corrected chi connectivity index (χ3v) is 6.08. The maximum Gasteiger partial charge on any atom is 0.258 e. The molecule has 4 aromatic rings. The van der Waals surface area contributed by atoms with Crippen molar-refractivity contribution in [1.82, 2.24) is 19.2 Å². The van der Waals surface area contributed by atoms with Gasteiger partial charge in [-0.1, -0.05) is 23.8 Å². The average Bonchev–Trinajstić information content (AvgIpc) is 3.54. The number of rotatable bonds is 5. The highest BCUT2D eigenvalue weighted by atomic mass is 16.5. The fourth-order valence-corrected chi connectivity index (χ4v) is 4.52. The number of carbonyl (C=O) groups excluding carboxylic acids is 1. The van der Waals surface area contributed by atoms with Crippen LogP contribution in [0.25, 0.3) is 11.5 Å². The molecule has 0 aliphatic carbocycles. The van der Waals surface area contributed by atoms with Crippen LogP contribution in [0.2, 0.25) is 0 Å². The topological polar surface area (TPSA) is 61.5 Å². The Morgan fingerprint density at radius 1 is 0.970 bits per heavy atom. The van der Waals surface area contributed by atoms with Gasteiger partial charge in [0.05, 0.1) is 44.3 Å². The van der Waals surface area contributed by atoms with E-state index in [4.69, 9.17) is 14.6 Å². The largest absolute Gasteiger partial charge is 0.493 e. The molecule has 1 aliphatic heterocycles. The summed E-state index contributed by atoms with van der Waals surface area (Å²) in [5, 5.41) is 4.96. The van der Waals surface area contributed by atoms with Crippen molar-refractivity contribution in [2.45, 2.75) is 26.9 Å². The second-order valence-electron chi connectivity index (χ2n) is 8.24. The van der Waals surface area contributed by atoms with Crippen molar-refractivity contribution in [2.24, 2.45) is 0 Å². The number of benzene rings is 2. The van der Waals surface area contributed by atoms with Gasteiger partial charge in [-0.25, -0.2) is 4.68 Å². The van der Waals surface area contributed by atoms with Crippen molar-refractivity contribution in [3.8, 4) is 23.0 Å². The fourth-order valence-electron chi connectivity index (χ4n) is 4.52. The molecule has 0 N–H and O–H groups in total. The number of hydrogen-bond donors (Lipinski definition) is 0. The molecule has 0 saturated carbocycles. The lowest BCUT2D eigenvalue weighted by atomic mass is 10.1. The highest BCUT2D eigenvalue weighted by molar-refractivity contribution is 5.98. The van der Waals surface area contributed by atoms with E-state index in [-0.39, 0.29) is 5.91 Å². The van der Waals surface area contributed by atoms with Crippen molar-refractivity contribution in [3.05, 3.63) is 88.9 Å². The Morgan fingerprint density at radius 2 is 1.76 bits per heavy atom. The summed E-state index contributed by atoms with van der Waals surface area (Å²) in [5.74, 6) is 1.82. The number of methoxy groups -OCH3 is 2. The SMILES string of the molecule is COc1cccc(C(=O)N2Cc3nn(-c4ccc(C)cc4C)c(-n4cccc4)c3C2)c1OC. The monoisotopic (exact) mass is 442 g/mol. The van der Waals surface area contributed by atoms with Crippen LogP contribution in [0, 0.1) is 13.8 Å². The molecule has 7 heteroatoms. The normalized spacial score (nSPS) is 12.7. The first kappa shape index (κ1) is 20.9. The van der Waals surface area contributed by atoms with Crippen LogP contribution in [0.4, 0.5) is 0 Å². The maximum atomic E-state index is 13.5. The van der Waals surface area contributed by atoms with Crippen molar-refractivity contribution >= 4 is 5.91 Å². The van der Waals surface area contributed by atoms with Crippen LogP contribution in [0.15, 0.2) is 60.9 Å². The van der Waals surface area contributed by atoms with Crippen molar-refractivity contribution in [3.63, 3.8) is 0 Å². The molecule has 1 aliphatic rings. The third-order valence-electron chi connectivity index (χ3n) is 6.08. The van der Waals surface area contributed by atoms with E-state index in [1.807, 2.05) is 29.2 Å². The molecule has 2 aromatic heterocycles. The molecule has 168 valence electrons. The third kappa shape index (κ3) is 3.46. The zero-order valence-electron chi connectivity index (χ0n) is 19.2. The molecule has 0 unspecified atom stereocenters. The highest BCUT2D eigenvalue weighted by Crippen LogP contribution is 2.35. The molecule has 33 heavy (non-hydrogen) atoms. The Hall–Kier alpha value is -4.00. The molecular formula is C26H26N4O3. The maximum absolute atomic E-state index is 13.5. The predicted molar refractivity (Wildman–Crippen MR) is 125 cm³/mol. The Bertz CT molecular complexity index is 1340. The van der Waals surface area contributed by atoms with Crippen LogP contribution in [0.5, 0.6) is 11.5 Å². The van der Waals surface area contributed by atoms with Gasteiger partial charge < -0.3 is 18.9 Å². The first-order valence-corrected chi connectivity index (χ1v) is 10.8. The summed E-state index contributed by atoms with van der Waals surface area (Å²) in [6.45, 7) is 5.08. The van der Waals surface area contributed by atoms with Crippen LogP contribution in [-0.4, -0.2) is 39.4 Å². The first-order valence-electron chi connectivity index (χ1n) is 10.8. The van der Waals surface area contributed by atoms with Crippen molar-refractivity contribution in [2.75, 3.05) is 14.2 Å². The minimum absolute atomic E-state index is 0.111. The van der Waals surface area contributed by atoms with E-state index in [0.29, 0.717) is 30.2 Å². The zero-order valence-corrected chi connectivity index (χ0v) is 19.2. The molecule has 3 heterocycles. The van der Waals surface area contributed by atoms with Gasteiger partial charge in [0.1, 0.15) is 5.82 Å². The van der Waals surface area contributed by atoms with Crippen LogP contribution in [0.1, 0.15) is 32.7 Å². The molecule has 7 nitrogen and oxygen atoms in total. The predicted octanol–water partition coefficient (Wildman–Crippen LogP) is 4.45. The van der Waals surface area contributed by atoms with Gasteiger partial charge in [0, 0.05) is 18.0 Å². The molecule has 5 rings (SSSR count). The summed E-state index contributed by atoms with van der Waals surface area (Å²) < 4.78 is 14.9. The van der Waals surface area contributed by atoms with Gasteiger partial charge in [0.25, 0.3) is 5.91 Å². The molecule has 0 fully saturated rings. The molecule has 0 spiro atoms. The number of aromatic nitrogens is 3. The minimum atomic E-state index is -0.111. The van der Waals surface area contributed by atoms with Gasteiger partial charge in [-0.2, -0.15) is 5.10 Å². The van der Waals surface area contributed by atoms with Gasteiger partial charge in [-0.05, 0) is 49.7 Å². The zero-order chi connectivity index (χ0) is 23.1. The highest BCUT2D eigenvalue weighted by Gasteiger charge is 2.33. The molecule has 1 amide bonds. The van der Waals surface area contributed by atoms with Crippen LogP contribution in [-0.2, 0) is 13.1 Å². The van der Waals surface area contributed by atoms with Crippen LogP contribution in [0.3, 0.4) is 0 Å². The molecular weight excluding hydrogens is 416 g/mol. The van der Waals surface area contributed by atoms with Gasteiger partial charge in [0.2, 0.25) is 0 Å². The molecule has 0 saturated heterocycles. The lowest BCUT2D eigenvalue weighted by Gasteiger charge is -2.20. The quantitative estimate of drug-likeness (QED) is 0.458. The summed E-state index contributed by atoms with van der Waals surface area (Å²) >= 11 is 0. The van der Waals surface area contributed by atoms with E-state index in [2.05, 4.69) is 36.6 Å². The summed E-state index contributed by atoms with van der Waals surface area (Å²) in [4.78, 5) is 15.3. The lowest BCUT2D eigenvalue weighted by Crippen LogP contribution is -2.27. The lowest BCUT2D eigenvalue weighted by molar-refractivity contribution is 0.0745. The van der Waals surface area contributed by atoms with E-state index in [1.54, 1.807) is 37.3 Å². The molecule has 0 atom stereocenters. The van der Waals surface area contributed by atoms with Gasteiger partial charge >= 0.3 is 0 Å². The van der Waals surface area contributed by atoms with Gasteiger partial charge in [0.15, 0.2) is 11.5 Å². The number of para-hydroxylation sites is 1. The number of carbonyl (C=O) groups is 1. The Morgan fingerprint density at radius 3 is 2.45 bits per heavy atom. The van der Waals surface area contributed by atoms with E-state index >= 15 is 0 Å². The fraction of sp³-hybridized carbons (Fsp3) is 0.231. The average molecular weight is 443 g/mol. The summed E-state index contributed by atoms with van der Waals surface area (Å²) in [6.07, 6.45) is 4.01.